The fraction of sp³-hybridized carbons (Fsp3) is 0.722. The van der Waals surface area contributed by atoms with Gasteiger partial charge < -0.3 is 24.7 Å². The smallest absolute Gasteiger partial charge is 0.191 e. The summed E-state index contributed by atoms with van der Waals surface area (Å²) in [6.07, 6.45) is 2.59. The molecule has 1 aliphatic rings. The van der Waals surface area contributed by atoms with Crippen LogP contribution in [0.25, 0.3) is 0 Å². The summed E-state index contributed by atoms with van der Waals surface area (Å²) >= 11 is 0. The molecule has 1 aromatic heterocycles. The molecule has 26 heavy (non-hydrogen) atoms. The fourth-order valence-electron chi connectivity index (χ4n) is 2.81. The van der Waals surface area contributed by atoms with E-state index < -0.39 is 0 Å². The second kappa shape index (κ2) is 13.3. The number of halogens is 1. The Morgan fingerprint density at radius 3 is 2.73 bits per heavy atom. The Labute approximate surface area is 174 Å². The summed E-state index contributed by atoms with van der Waals surface area (Å²) in [7, 11) is 3.99. The quantitative estimate of drug-likeness (QED) is 0.243. The van der Waals surface area contributed by atoms with Gasteiger partial charge in [-0.3, -0.25) is 9.89 Å². The number of ether oxygens (including phenoxy) is 1. The minimum atomic E-state index is 0. The predicted molar refractivity (Wildman–Crippen MR) is 116 cm³/mol. The number of guanidine groups is 1. The zero-order valence-electron chi connectivity index (χ0n) is 16.2. The van der Waals surface area contributed by atoms with Gasteiger partial charge in [-0.05, 0) is 32.5 Å². The van der Waals surface area contributed by atoms with Crippen LogP contribution in [0, 0.1) is 0 Å². The molecule has 1 unspecified atom stereocenters. The summed E-state index contributed by atoms with van der Waals surface area (Å²) in [5.74, 6) is 1.72. The average molecular weight is 479 g/mol. The van der Waals surface area contributed by atoms with Crippen LogP contribution in [0.2, 0.25) is 0 Å². The predicted octanol–water partition coefficient (Wildman–Crippen LogP) is 1.61. The molecule has 1 aromatic rings. The van der Waals surface area contributed by atoms with Crippen molar-refractivity contribution in [2.75, 3.05) is 60.0 Å². The highest BCUT2D eigenvalue weighted by molar-refractivity contribution is 14.0. The molecule has 0 bridgehead atoms. The van der Waals surface area contributed by atoms with E-state index in [1.54, 1.807) is 6.26 Å². The molecule has 1 atom stereocenters. The summed E-state index contributed by atoms with van der Waals surface area (Å²) < 4.78 is 10.8. The molecule has 150 valence electrons. The highest BCUT2D eigenvalue weighted by Crippen LogP contribution is 2.04. The van der Waals surface area contributed by atoms with Gasteiger partial charge in [-0.2, -0.15) is 0 Å². The molecule has 1 fully saturated rings. The Balaban J connectivity index is 0.00000338. The lowest BCUT2D eigenvalue weighted by Crippen LogP contribution is -2.52. The van der Waals surface area contributed by atoms with E-state index in [2.05, 4.69) is 39.4 Å². The third-order valence-corrected chi connectivity index (χ3v) is 4.53. The van der Waals surface area contributed by atoms with Gasteiger partial charge in [0, 0.05) is 59.0 Å². The van der Waals surface area contributed by atoms with Crippen molar-refractivity contribution >= 4 is 29.9 Å². The number of furan rings is 1. The highest BCUT2D eigenvalue weighted by atomic mass is 127. The van der Waals surface area contributed by atoms with Crippen molar-refractivity contribution < 1.29 is 9.15 Å². The molecule has 7 nitrogen and oxygen atoms in total. The van der Waals surface area contributed by atoms with E-state index in [1.165, 1.54) is 0 Å². The first-order valence-electron chi connectivity index (χ1n) is 9.16. The zero-order valence-corrected chi connectivity index (χ0v) is 18.6. The molecule has 0 radical (unpaired) electrons. The summed E-state index contributed by atoms with van der Waals surface area (Å²) in [5, 5.41) is 6.76. The molecule has 0 amide bonds. The van der Waals surface area contributed by atoms with Gasteiger partial charge in [-0.15, -0.1) is 24.0 Å². The van der Waals surface area contributed by atoms with Crippen LogP contribution >= 0.6 is 24.0 Å². The SMILES string of the molecule is CN=C(NCCCOCc1ccco1)NCC(C)N1CCN(C)CC1.I. The molecule has 0 aromatic carbocycles. The van der Waals surface area contributed by atoms with Crippen LogP contribution in [0.15, 0.2) is 27.8 Å². The Morgan fingerprint density at radius 1 is 1.31 bits per heavy atom. The van der Waals surface area contributed by atoms with E-state index in [0.717, 1.165) is 57.4 Å². The first-order valence-corrected chi connectivity index (χ1v) is 9.16. The number of nitrogens with zero attached hydrogens (tertiary/aromatic N) is 3. The lowest BCUT2D eigenvalue weighted by Gasteiger charge is -2.36. The summed E-state index contributed by atoms with van der Waals surface area (Å²) in [4.78, 5) is 9.20. The number of hydrogen-bond acceptors (Lipinski definition) is 5. The van der Waals surface area contributed by atoms with Crippen molar-refractivity contribution in [3.8, 4) is 0 Å². The number of piperazine rings is 1. The topological polar surface area (TPSA) is 65.3 Å². The van der Waals surface area contributed by atoms with E-state index in [0.29, 0.717) is 19.3 Å². The Morgan fingerprint density at radius 2 is 2.08 bits per heavy atom. The minimum absolute atomic E-state index is 0. The summed E-state index contributed by atoms with van der Waals surface area (Å²) in [6, 6.07) is 4.30. The first kappa shape index (κ1) is 23.2. The number of nitrogens with one attached hydrogen (secondary N) is 2. The maximum absolute atomic E-state index is 5.58. The van der Waals surface area contributed by atoms with Gasteiger partial charge in [0.25, 0.3) is 0 Å². The normalized spacial score (nSPS) is 17.6. The second-order valence-electron chi connectivity index (χ2n) is 6.55. The van der Waals surface area contributed by atoms with E-state index >= 15 is 0 Å². The standard InChI is InChI=1S/C18H33N5O2.HI/c1-16(23-10-8-22(3)9-11-23)14-21-18(19-2)20-7-5-12-24-15-17-6-4-13-25-17;/h4,6,13,16H,5,7-12,14-15H2,1-3H3,(H2,19,20,21);1H. The largest absolute Gasteiger partial charge is 0.467 e. The molecule has 1 saturated heterocycles. The molecule has 2 rings (SSSR count). The van der Waals surface area contributed by atoms with Crippen molar-refractivity contribution in [3.63, 3.8) is 0 Å². The van der Waals surface area contributed by atoms with Crippen LogP contribution in [0.4, 0.5) is 0 Å². The molecule has 8 heteroatoms. The molecule has 0 saturated carbocycles. The minimum Gasteiger partial charge on any atom is -0.467 e. The molecular formula is C18H34IN5O2. The Kier molecular flexibility index (Phi) is 11.9. The van der Waals surface area contributed by atoms with Crippen LogP contribution < -0.4 is 10.6 Å². The van der Waals surface area contributed by atoms with Gasteiger partial charge in [0.2, 0.25) is 0 Å². The highest BCUT2D eigenvalue weighted by Gasteiger charge is 2.18. The summed E-state index contributed by atoms with van der Waals surface area (Å²) in [5.41, 5.74) is 0. The fourth-order valence-corrected chi connectivity index (χ4v) is 2.81. The Hall–Kier alpha value is -0.840. The molecule has 0 aliphatic carbocycles. The molecular weight excluding hydrogens is 445 g/mol. The van der Waals surface area contributed by atoms with Gasteiger partial charge in [-0.25, -0.2) is 0 Å². The monoisotopic (exact) mass is 479 g/mol. The van der Waals surface area contributed by atoms with Crippen molar-refractivity contribution in [1.29, 1.82) is 0 Å². The lowest BCUT2D eigenvalue weighted by atomic mass is 10.2. The van der Waals surface area contributed by atoms with Crippen molar-refractivity contribution in [3.05, 3.63) is 24.2 Å². The third-order valence-electron chi connectivity index (χ3n) is 4.53. The van der Waals surface area contributed by atoms with Gasteiger partial charge in [-0.1, -0.05) is 0 Å². The van der Waals surface area contributed by atoms with Crippen LogP contribution in [-0.2, 0) is 11.3 Å². The van der Waals surface area contributed by atoms with Gasteiger partial charge in [0.1, 0.15) is 12.4 Å². The van der Waals surface area contributed by atoms with Gasteiger partial charge in [0.05, 0.1) is 6.26 Å². The molecule has 2 N–H and O–H groups in total. The van der Waals surface area contributed by atoms with E-state index in [9.17, 15) is 0 Å². The van der Waals surface area contributed by atoms with Gasteiger partial charge in [0.15, 0.2) is 5.96 Å². The zero-order chi connectivity index (χ0) is 17.9. The number of hydrogen-bond donors (Lipinski definition) is 2. The average Bonchev–Trinajstić information content (AvgIpc) is 3.14. The second-order valence-corrected chi connectivity index (χ2v) is 6.55. The van der Waals surface area contributed by atoms with Crippen LogP contribution in [0.1, 0.15) is 19.1 Å². The molecule has 1 aliphatic heterocycles. The molecule has 2 heterocycles. The maximum Gasteiger partial charge on any atom is 0.191 e. The van der Waals surface area contributed by atoms with Crippen molar-refractivity contribution in [2.24, 2.45) is 4.99 Å². The van der Waals surface area contributed by atoms with E-state index in [-0.39, 0.29) is 24.0 Å². The van der Waals surface area contributed by atoms with Crippen LogP contribution in [0.3, 0.4) is 0 Å². The first-order chi connectivity index (χ1) is 12.2. The van der Waals surface area contributed by atoms with Crippen LogP contribution in [0.5, 0.6) is 0 Å². The maximum atomic E-state index is 5.58. The third kappa shape index (κ3) is 8.70. The number of aliphatic imine (C=N–C) groups is 1. The van der Waals surface area contributed by atoms with Gasteiger partial charge >= 0.3 is 0 Å². The van der Waals surface area contributed by atoms with E-state index in [1.807, 2.05) is 19.2 Å². The lowest BCUT2D eigenvalue weighted by molar-refractivity contribution is 0.105. The number of rotatable bonds is 9. The van der Waals surface area contributed by atoms with Crippen molar-refractivity contribution in [2.45, 2.75) is 26.0 Å². The molecule has 0 spiro atoms. The van der Waals surface area contributed by atoms with Crippen LogP contribution in [-0.4, -0.2) is 81.8 Å². The Bertz CT molecular complexity index is 490. The summed E-state index contributed by atoms with van der Waals surface area (Å²) in [6.45, 7) is 9.81. The number of likely N-dealkylation sites (N-methyl/N-ethyl adjacent to an activating group) is 1. The van der Waals surface area contributed by atoms with E-state index in [4.69, 9.17) is 9.15 Å². The van der Waals surface area contributed by atoms with Crippen molar-refractivity contribution in [1.82, 2.24) is 20.4 Å².